The Morgan fingerprint density at radius 2 is 1.03 bits per heavy atom. The maximum Gasteiger partial charge on any atom is 0.142 e. The second-order valence-corrected chi connectivity index (χ2v) is 9.99. The van der Waals surface area contributed by atoms with Crippen molar-refractivity contribution in [3.8, 4) is 11.5 Å². The molecule has 3 aliphatic rings. The predicted molar refractivity (Wildman–Crippen MR) is 136 cm³/mol. The molecular weight excluding hydrogens is 420 g/mol. The van der Waals surface area contributed by atoms with Crippen LogP contribution in [0.4, 0.5) is 0 Å². The number of benzene rings is 4. The molecule has 172 valence electrons. The van der Waals surface area contributed by atoms with E-state index in [-0.39, 0.29) is 0 Å². The minimum atomic E-state index is 0.473. The number of hydrogen-bond acceptors (Lipinski definition) is 4. The molecule has 0 amide bonds. The molecule has 2 unspecified atom stereocenters. The van der Waals surface area contributed by atoms with Gasteiger partial charge in [0.2, 0.25) is 0 Å². The van der Waals surface area contributed by atoms with E-state index in [9.17, 15) is 0 Å². The van der Waals surface area contributed by atoms with E-state index in [0.29, 0.717) is 25.5 Å². The lowest BCUT2D eigenvalue weighted by atomic mass is 9.87. The van der Waals surface area contributed by atoms with Gasteiger partial charge in [-0.05, 0) is 46.5 Å². The molecule has 0 aromatic heterocycles. The number of fused-ring (bicyclic) bond motifs is 6. The van der Waals surface area contributed by atoms with Crippen LogP contribution in [-0.2, 0) is 13.1 Å². The fourth-order valence-electron chi connectivity index (χ4n) is 6.40. The van der Waals surface area contributed by atoms with E-state index < -0.39 is 0 Å². The van der Waals surface area contributed by atoms with Gasteiger partial charge in [-0.25, -0.2) is 0 Å². The number of hydrogen-bond donors (Lipinski definition) is 0. The topological polar surface area (TPSA) is 24.9 Å². The van der Waals surface area contributed by atoms with Crippen LogP contribution in [0.1, 0.15) is 36.8 Å². The summed E-state index contributed by atoms with van der Waals surface area (Å²) < 4.78 is 12.6. The maximum atomic E-state index is 6.32. The molecule has 2 heterocycles. The van der Waals surface area contributed by atoms with Crippen LogP contribution in [0.3, 0.4) is 0 Å². The third-order valence-corrected chi connectivity index (χ3v) is 8.12. The van der Waals surface area contributed by atoms with Gasteiger partial charge < -0.3 is 9.47 Å². The first-order valence-electron chi connectivity index (χ1n) is 12.6. The quantitative estimate of drug-likeness (QED) is 0.357. The first-order valence-corrected chi connectivity index (χ1v) is 12.6. The highest BCUT2D eigenvalue weighted by molar-refractivity contribution is 5.88. The fourth-order valence-corrected chi connectivity index (χ4v) is 6.40. The van der Waals surface area contributed by atoms with Crippen molar-refractivity contribution in [1.82, 2.24) is 9.80 Å². The van der Waals surface area contributed by atoms with Crippen molar-refractivity contribution >= 4 is 21.5 Å². The Labute approximate surface area is 200 Å². The summed E-state index contributed by atoms with van der Waals surface area (Å²) in [7, 11) is 0. The third-order valence-electron chi connectivity index (χ3n) is 8.12. The summed E-state index contributed by atoms with van der Waals surface area (Å²) in [4.78, 5) is 5.16. The molecule has 2 aliphatic heterocycles. The van der Waals surface area contributed by atoms with Gasteiger partial charge in [0, 0.05) is 36.3 Å². The zero-order valence-electron chi connectivity index (χ0n) is 19.5. The summed E-state index contributed by atoms with van der Waals surface area (Å²) in [6.45, 7) is 3.24. The lowest BCUT2D eigenvalue weighted by Gasteiger charge is -2.47. The molecule has 4 nitrogen and oxygen atoms in total. The molecule has 0 spiro atoms. The summed E-state index contributed by atoms with van der Waals surface area (Å²) in [5.74, 6) is 2.09. The lowest BCUT2D eigenvalue weighted by Crippen LogP contribution is -2.56. The Morgan fingerprint density at radius 1 is 0.559 bits per heavy atom. The Balaban J connectivity index is 1.19. The van der Waals surface area contributed by atoms with Gasteiger partial charge in [0.15, 0.2) is 0 Å². The average molecular weight is 451 g/mol. The highest BCUT2D eigenvalue weighted by Gasteiger charge is 2.38. The van der Waals surface area contributed by atoms with Crippen molar-refractivity contribution in [1.29, 1.82) is 0 Å². The molecule has 1 saturated carbocycles. The molecule has 4 aromatic rings. The van der Waals surface area contributed by atoms with Crippen molar-refractivity contribution in [3.63, 3.8) is 0 Å². The van der Waals surface area contributed by atoms with Crippen LogP contribution in [0.5, 0.6) is 11.5 Å². The summed E-state index contributed by atoms with van der Waals surface area (Å²) in [6, 6.07) is 27.0. The first kappa shape index (κ1) is 20.3. The van der Waals surface area contributed by atoms with Crippen molar-refractivity contribution in [2.75, 3.05) is 13.5 Å². The first-order chi connectivity index (χ1) is 16.8. The van der Waals surface area contributed by atoms with Gasteiger partial charge >= 0.3 is 0 Å². The summed E-state index contributed by atoms with van der Waals surface area (Å²) >= 11 is 0. The second-order valence-electron chi connectivity index (χ2n) is 9.99. The van der Waals surface area contributed by atoms with Crippen LogP contribution in [0, 0.1) is 0 Å². The van der Waals surface area contributed by atoms with Gasteiger partial charge in [-0.1, -0.05) is 73.5 Å². The van der Waals surface area contributed by atoms with Crippen molar-refractivity contribution in [2.24, 2.45) is 0 Å². The van der Waals surface area contributed by atoms with Crippen LogP contribution in [0.25, 0.3) is 21.5 Å². The number of nitrogens with zero attached hydrogens (tertiary/aromatic N) is 2. The molecule has 2 atom stereocenters. The van der Waals surface area contributed by atoms with Gasteiger partial charge in [-0.3, -0.25) is 9.80 Å². The van der Waals surface area contributed by atoms with Crippen LogP contribution < -0.4 is 9.47 Å². The number of rotatable bonds is 2. The van der Waals surface area contributed by atoms with E-state index in [1.165, 1.54) is 58.4 Å². The van der Waals surface area contributed by atoms with E-state index in [1.807, 2.05) is 0 Å². The Hall–Kier alpha value is -3.08. The zero-order chi connectivity index (χ0) is 22.5. The smallest absolute Gasteiger partial charge is 0.142 e. The van der Waals surface area contributed by atoms with Crippen molar-refractivity contribution in [2.45, 2.75) is 50.9 Å². The second kappa shape index (κ2) is 8.30. The highest BCUT2D eigenvalue weighted by atomic mass is 16.5. The van der Waals surface area contributed by atoms with E-state index in [1.54, 1.807) is 0 Å². The van der Waals surface area contributed by atoms with Crippen LogP contribution in [0.2, 0.25) is 0 Å². The zero-order valence-corrected chi connectivity index (χ0v) is 19.5. The molecule has 34 heavy (non-hydrogen) atoms. The molecule has 0 saturated heterocycles. The Kier molecular flexibility index (Phi) is 4.96. The minimum Gasteiger partial charge on any atom is -0.478 e. The molecule has 0 N–H and O–H groups in total. The van der Waals surface area contributed by atoms with Gasteiger partial charge in [0.05, 0.1) is 0 Å². The molecule has 7 rings (SSSR count). The SMILES string of the molecule is c1ccc2c3c(ccc2c1)OCN(C1CCCCC1N1COc2ccc4ccccc4c2C1)C3. The van der Waals surface area contributed by atoms with Crippen molar-refractivity contribution < 1.29 is 9.47 Å². The summed E-state index contributed by atoms with van der Waals surface area (Å²) in [5, 5.41) is 5.22. The van der Waals surface area contributed by atoms with Crippen LogP contribution in [0.15, 0.2) is 72.8 Å². The highest BCUT2D eigenvalue weighted by Crippen LogP contribution is 2.39. The molecule has 1 fully saturated rings. The van der Waals surface area contributed by atoms with Gasteiger partial charge in [-0.15, -0.1) is 0 Å². The largest absolute Gasteiger partial charge is 0.478 e. The molecule has 0 bridgehead atoms. The van der Waals surface area contributed by atoms with Crippen molar-refractivity contribution in [3.05, 3.63) is 83.9 Å². The number of ether oxygens (including phenoxy) is 2. The predicted octanol–water partition coefficient (Wildman–Crippen LogP) is 6.31. The standard InChI is InChI=1S/C30H30N2O2/c1-3-9-23-21(7-1)13-15-29-25(23)17-31(19-33-29)27-11-5-6-12-28(27)32-18-26-24-10-4-2-8-22(24)14-16-30(26)34-20-32/h1-4,7-10,13-16,27-28H,5-6,11-12,17-20H2. The maximum absolute atomic E-state index is 6.32. The fraction of sp³-hybridized carbons (Fsp3) is 0.333. The van der Waals surface area contributed by atoms with E-state index in [2.05, 4.69) is 82.6 Å². The lowest BCUT2D eigenvalue weighted by molar-refractivity contribution is -0.0382. The van der Waals surface area contributed by atoms with E-state index in [0.717, 1.165) is 24.6 Å². The minimum absolute atomic E-state index is 0.473. The monoisotopic (exact) mass is 450 g/mol. The van der Waals surface area contributed by atoms with E-state index in [4.69, 9.17) is 9.47 Å². The molecule has 1 aliphatic carbocycles. The van der Waals surface area contributed by atoms with Gasteiger partial charge in [0.25, 0.3) is 0 Å². The molecule has 0 radical (unpaired) electrons. The Bertz CT molecular complexity index is 1260. The Morgan fingerprint density at radius 3 is 1.53 bits per heavy atom. The van der Waals surface area contributed by atoms with Gasteiger partial charge in [0.1, 0.15) is 25.0 Å². The summed E-state index contributed by atoms with van der Waals surface area (Å²) in [5.41, 5.74) is 2.67. The molecule has 4 heteroatoms. The molecular formula is C30H30N2O2. The third kappa shape index (κ3) is 3.36. The van der Waals surface area contributed by atoms with Crippen LogP contribution in [-0.4, -0.2) is 35.3 Å². The van der Waals surface area contributed by atoms with Crippen LogP contribution >= 0.6 is 0 Å². The summed E-state index contributed by atoms with van der Waals surface area (Å²) in [6.07, 6.45) is 5.00. The normalized spacial score (nSPS) is 23.2. The van der Waals surface area contributed by atoms with E-state index >= 15 is 0 Å². The van der Waals surface area contributed by atoms with Gasteiger partial charge in [-0.2, -0.15) is 0 Å². The molecule has 4 aromatic carbocycles. The average Bonchev–Trinajstić information content (AvgIpc) is 2.92.